The molecular formula is C15H22F2N2O4S. The summed E-state index contributed by atoms with van der Waals surface area (Å²) in [5.74, 6) is -2.84. The molecule has 1 amide bonds. The minimum absolute atomic E-state index is 0.0143. The van der Waals surface area contributed by atoms with Gasteiger partial charge in [-0.25, -0.2) is 17.2 Å². The Hall–Kier alpha value is -1.58. The molecule has 0 radical (unpaired) electrons. The van der Waals surface area contributed by atoms with Crippen LogP contribution in [0.3, 0.4) is 0 Å². The Balaban J connectivity index is 3.27. The third-order valence-electron chi connectivity index (χ3n) is 3.60. The van der Waals surface area contributed by atoms with Crippen LogP contribution in [0.2, 0.25) is 0 Å². The van der Waals surface area contributed by atoms with Gasteiger partial charge < -0.3 is 10.5 Å². The highest BCUT2D eigenvalue weighted by atomic mass is 32.2. The number of rotatable bonds is 8. The summed E-state index contributed by atoms with van der Waals surface area (Å²) >= 11 is 0. The number of nitrogens with zero attached hydrogens (tertiary/aromatic N) is 1. The van der Waals surface area contributed by atoms with Crippen LogP contribution < -0.4 is 5.73 Å². The van der Waals surface area contributed by atoms with Gasteiger partial charge in [0, 0.05) is 25.3 Å². The third kappa shape index (κ3) is 4.96. The molecule has 6 nitrogen and oxygen atoms in total. The highest BCUT2D eigenvalue weighted by Crippen LogP contribution is 2.25. The standard InChI is InChI=1S/C15H22F2N2O4S/c1-9(2)14(15(18)20)19(24(4,21)22)8-13(23-3)11-6-5-10(16)7-12(11)17/h5-7,9,13-14H,8H2,1-4H3,(H2,18,20). The zero-order chi connectivity index (χ0) is 18.7. The molecular weight excluding hydrogens is 342 g/mol. The smallest absolute Gasteiger partial charge is 0.236 e. The summed E-state index contributed by atoms with van der Waals surface area (Å²) in [6.45, 7) is 2.96. The van der Waals surface area contributed by atoms with Crippen LogP contribution in [0.1, 0.15) is 25.5 Å². The molecule has 0 fully saturated rings. The number of primary amides is 1. The van der Waals surface area contributed by atoms with Crippen molar-refractivity contribution in [3.8, 4) is 0 Å². The second-order valence-corrected chi connectivity index (χ2v) is 7.75. The fourth-order valence-corrected chi connectivity index (χ4v) is 3.65. The van der Waals surface area contributed by atoms with E-state index in [2.05, 4.69) is 0 Å². The molecule has 2 unspecified atom stereocenters. The van der Waals surface area contributed by atoms with Crippen molar-refractivity contribution in [1.29, 1.82) is 0 Å². The average Bonchev–Trinajstić information content (AvgIpc) is 2.42. The second kappa shape index (κ2) is 8.00. The van der Waals surface area contributed by atoms with Crippen LogP contribution in [0.4, 0.5) is 8.78 Å². The van der Waals surface area contributed by atoms with Crippen molar-refractivity contribution in [3.05, 3.63) is 35.4 Å². The topological polar surface area (TPSA) is 89.7 Å². The van der Waals surface area contributed by atoms with Gasteiger partial charge in [-0.15, -0.1) is 0 Å². The quantitative estimate of drug-likeness (QED) is 0.755. The lowest BCUT2D eigenvalue weighted by Gasteiger charge is -2.32. The number of amides is 1. The van der Waals surface area contributed by atoms with Crippen molar-refractivity contribution in [2.75, 3.05) is 19.9 Å². The lowest BCUT2D eigenvalue weighted by molar-refractivity contribution is -0.123. The van der Waals surface area contributed by atoms with Crippen LogP contribution in [0.25, 0.3) is 0 Å². The van der Waals surface area contributed by atoms with Gasteiger partial charge in [-0.3, -0.25) is 4.79 Å². The summed E-state index contributed by atoms with van der Waals surface area (Å²) in [7, 11) is -2.57. The van der Waals surface area contributed by atoms with Gasteiger partial charge in [0.15, 0.2) is 0 Å². The molecule has 2 atom stereocenters. The molecule has 136 valence electrons. The minimum Gasteiger partial charge on any atom is -0.375 e. The maximum absolute atomic E-state index is 14.0. The summed E-state index contributed by atoms with van der Waals surface area (Å²) in [6.07, 6.45) is -0.0973. The molecule has 24 heavy (non-hydrogen) atoms. The zero-order valence-electron chi connectivity index (χ0n) is 14.0. The van der Waals surface area contributed by atoms with Crippen LogP contribution in [0.5, 0.6) is 0 Å². The lowest BCUT2D eigenvalue weighted by atomic mass is 10.0. The molecule has 0 spiro atoms. The first-order valence-corrected chi connectivity index (χ1v) is 9.07. The van der Waals surface area contributed by atoms with Crippen LogP contribution >= 0.6 is 0 Å². The second-order valence-electron chi connectivity index (χ2n) is 5.81. The highest BCUT2D eigenvalue weighted by Gasteiger charge is 2.36. The minimum atomic E-state index is -3.83. The van der Waals surface area contributed by atoms with Gasteiger partial charge >= 0.3 is 0 Å². The first-order valence-electron chi connectivity index (χ1n) is 7.22. The fourth-order valence-electron chi connectivity index (χ4n) is 2.48. The first kappa shape index (κ1) is 20.5. The van der Waals surface area contributed by atoms with Gasteiger partial charge in [-0.05, 0) is 12.0 Å². The van der Waals surface area contributed by atoms with E-state index < -0.39 is 45.6 Å². The number of carbonyl (C=O) groups is 1. The Morgan fingerprint density at radius 3 is 2.29 bits per heavy atom. The Kier molecular flexibility index (Phi) is 6.82. The van der Waals surface area contributed by atoms with Crippen molar-refractivity contribution in [2.45, 2.75) is 26.0 Å². The monoisotopic (exact) mass is 364 g/mol. The fraction of sp³-hybridized carbons (Fsp3) is 0.533. The molecule has 1 aromatic rings. The number of hydrogen-bond donors (Lipinski definition) is 1. The number of carbonyl (C=O) groups excluding carboxylic acids is 1. The van der Waals surface area contributed by atoms with E-state index in [4.69, 9.17) is 10.5 Å². The molecule has 1 rings (SSSR count). The van der Waals surface area contributed by atoms with Gasteiger partial charge in [0.05, 0.1) is 12.4 Å². The molecule has 0 aliphatic heterocycles. The van der Waals surface area contributed by atoms with Crippen molar-refractivity contribution in [1.82, 2.24) is 4.31 Å². The van der Waals surface area contributed by atoms with Crippen molar-refractivity contribution in [2.24, 2.45) is 11.7 Å². The van der Waals surface area contributed by atoms with Crippen LogP contribution in [0, 0.1) is 17.6 Å². The van der Waals surface area contributed by atoms with E-state index in [1.54, 1.807) is 13.8 Å². The SMILES string of the molecule is COC(CN(C(C(N)=O)C(C)C)S(C)(=O)=O)c1ccc(F)cc1F. The van der Waals surface area contributed by atoms with Crippen molar-refractivity contribution < 1.29 is 26.7 Å². The molecule has 1 aromatic carbocycles. The lowest BCUT2D eigenvalue weighted by Crippen LogP contribution is -2.51. The number of halogens is 2. The van der Waals surface area contributed by atoms with Gasteiger partial charge in [0.1, 0.15) is 17.7 Å². The van der Waals surface area contributed by atoms with Crippen LogP contribution in [-0.4, -0.2) is 44.6 Å². The molecule has 0 aliphatic rings. The average molecular weight is 364 g/mol. The maximum atomic E-state index is 14.0. The Morgan fingerprint density at radius 1 is 1.33 bits per heavy atom. The van der Waals surface area contributed by atoms with Gasteiger partial charge in [0.25, 0.3) is 0 Å². The number of sulfonamides is 1. The molecule has 0 aromatic heterocycles. The number of methoxy groups -OCH3 is 1. The predicted molar refractivity (Wildman–Crippen MR) is 85.5 cm³/mol. The maximum Gasteiger partial charge on any atom is 0.236 e. The Bertz CT molecular complexity index is 695. The molecule has 0 aliphatic carbocycles. The van der Waals surface area contributed by atoms with E-state index in [1.165, 1.54) is 13.2 Å². The van der Waals surface area contributed by atoms with Crippen molar-refractivity contribution in [3.63, 3.8) is 0 Å². The van der Waals surface area contributed by atoms with Gasteiger partial charge in [0.2, 0.25) is 15.9 Å². The van der Waals surface area contributed by atoms with E-state index >= 15 is 0 Å². The highest BCUT2D eigenvalue weighted by molar-refractivity contribution is 7.88. The zero-order valence-corrected chi connectivity index (χ0v) is 14.8. The third-order valence-corrected chi connectivity index (χ3v) is 4.83. The summed E-state index contributed by atoms with van der Waals surface area (Å²) in [5, 5.41) is 0. The molecule has 2 N–H and O–H groups in total. The number of benzene rings is 1. The predicted octanol–water partition coefficient (Wildman–Crippen LogP) is 1.42. The van der Waals surface area contributed by atoms with E-state index in [0.29, 0.717) is 6.07 Å². The number of ether oxygens (including phenoxy) is 1. The summed E-state index contributed by atoms with van der Waals surface area (Å²) in [6, 6.07) is 1.79. The Labute approximate surface area is 140 Å². The molecule has 9 heteroatoms. The molecule has 0 heterocycles. The van der Waals surface area contributed by atoms with Gasteiger partial charge in [-0.2, -0.15) is 4.31 Å². The van der Waals surface area contributed by atoms with Crippen LogP contribution in [0.15, 0.2) is 18.2 Å². The summed E-state index contributed by atoms with van der Waals surface area (Å²) in [5.41, 5.74) is 5.32. The van der Waals surface area contributed by atoms with Crippen molar-refractivity contribution >= 4 is 15.9 Å². The number of hydrogen-bond acceptors (Lipinski definition) is 4. The summed E-state index contributed by atoms with van der Waals surface area (Å²) in [4.78, 5) is 11.7. The Morgan fingerprint density at radius 2 is 1.92 bits per heavy atom. The molecule has 0 bridgehead atoms. The van der Waals surface area contributed by atoms with E-state index in [0.717, 1.165) is 16.6 Å². The van der Waals surface area contributed by atoms with Crippen LogP contribution in [-0.2, 0) is 19.6 Å². The molecule has 0 saturated carbocycles. The van der Waals surface area contributed by atoms with Gasteiger partial charge in [-0.1, -0.05) is 19.9 Å². The normalized spacial score (nSPS) is 14.8. The van der Waals surface area contributed by atoms with E-state index in [-0.39, 0.29) is 12.1 Å². The molecule has 0 saturated heterocycles. The van der Waals surface area contributed by atoms with E-state index in [1.807, 2.05) is 0 Å². The summed E-state index contributed by atoms with van der Waals surface area (Å²) < 4.78 is 57.3. The van der Waals surface area contributed by atoms with E-state index in [9.17, 15) is 22.0 Å². The first-order chi connectivity index (χ1) is 11.0. The largest absolute Gasteiger partial charge is 0.375 e. The number of nitrogens with two attached hydrogens (primary N) is 1.